The van der Waals surface area contributed by atoms with Gasteiger partial charge in [-0.2, -0.15) is 0 Å². The van der Waals surface area contributed by atoms with Crippen molar-refractivity contribution < 1.29 is 28.1 Å². The molecule has 1 saturated carbocycles. The van der Waals surface area contributed by atoms with Crippen LogP contribution >= 0.6 is 0 Å². The van der Waals surface area contributed by atoms with Crippen LogP contribution in [0.4, 0.5) is 18.2 Å². The first-order valence-electron chi connectivity index (χ1n) is 5.76. The molecule has 0 bridgehead atoms. The fraction of sp³-hybridized carbons (Fsp3) is 0.231. The number of hydrogen-bond donors (Lipinski definition) is 1. The van der Waals surface area contributed by atoms with Crippen molar-refractivity contribution in [2.45, 2.75) is 18.9 Å². The lowest BCUT2D eigenvalue weighted by atomic mass is 10.1. The Morgan fingerprint density at radius 3 is 2.23 bits per heavy atom. The van der Waals surface area contributed by atoms with Gasteiger partial charge in [0.2, 0.25) is 5.43 Å². The fourth-order valence-corrected chi connectivity index (χ4v) is 2.15. The molecule has 0 radical (unpaired) electrons. The van der Waals surface area contributed by atoms with Crippen molar-refractivity contribution >= 4 is 25.3 Å². The Morgan fingerprint density at radius 1 is 1.18 bits per heavy atom. The van der Waals surface area contributed by atoms with Gasteiger partial charge in [0.15, 0.2) is 11.6 Å². The Labute approximate surface area is 123 Å². The van der Waals surface area contributed by atoms with E-state index in [0.29, 0.717) is 0 Å². The van der Waals surface area contributed by atoms with E-state index in [2.05, 4.69) is 0 Å². The van der Waals surface area contributed by atoms with Crippen molar-refractivity contribution in [2.75, 3.05) is 0 Å². The first-order valence-corrected chi connectivity index (χ1v) is 5.76. The summed E-state index contributed by atoms with van der Waals surface area (Å²) in [6.45, 7) is 0. The summed E-state index contributed by atoms with van der Waals surface area (Å²) in [5, 5.41) is 8.89. The van der Waals surface area contributed by atoms with E-state index in [4.69, 9.17) is 5.11 Å². The first kappa shape index (κ1) is 19.7. The van der Waals surface area contributed by atoms with Crippen LogP contribution in [0.1, 0.15) is 29.2 Å². The third kappa shape index (κ3) is 2.97. The Bertz CT molecular complexity index is 774. The third-order valence-corrected chi connectivity index (χ3v) is 3.24. The SMILES string of the molecule is B.F.F.O=C(O)c1cn(C2CC2)c2cc(F)c(F)cc2c1=O. The molecule has 1 aliphatic rings. The van der Waals surface area contributed by atoms with Gasteiger partial charge in [0.1, 0.15) is 5.56 Å². The molecular formula is C13H14BF4NO3. The van der Waals surface area contributed by atoms with Gasteiger partial charge in [-0.25, -0.2) is 13.6 Å². The van der Waals surface area contributed by atoms with E-state index in [0.717, 1.165) is 25.0 Å². The second-order valence-electron chi connectivity index (χ2n) is 4.60. The Morgan fingerprint density at radius 2 is 1.73 bits per heavy atom. The monoisotopic (exact) mass is 319 g/mol. The van der Waals surface area contributed by atoms with Crippen LogP contribution in [0.2, 0.25) is 0 Å². The van der Waals surface area contributed by atoms with E-state index in [9.17, 15) is 18.4 Å². The number of rotatable bonds is 2. The number of carboxylic acids is 1. The van der Waals surface area contributed by atoms with Crippen LogP contribution in [0.5, 0.6) is 0 Å². The number of halogens is 4. The fourth-order valence-electron chi connectivity index (χ4n) is 2.15. The smallest absolute Gasteiger partial charge is 0.341 e. The van der Waals surface area contributed by atoms with Crippen molar-refractivity contribution in [3.8, 4) is 0 Å². The second kappa shape index (κ2) is 6.63. The van der Waals surface area contributed by atoms with E-state index in [1.807, 2.05) is 0 Å². The number of carboxylic acid groups (broad SMARTS) is 1. The van der Waals surface area contributed by atoms with Crippen molar-refractivity contribution in [3.63, 3.8) is 0 Å². The molecule has 1 aromatic carbocycles. The van der Waals surface area contributed by atoms with E-state index in [1.54, 1.807) is 4.57 Å². The lowest BCUT2D eigenvalue weighted by Gasteiger charge is -2.11. The van der Waals surface area contributed by atoms with Gasteiger partial charge in [-0.05, 0) is 18.9 Å². The molecule has 0 atom stereocenters. The molecule has 2 aromatic rings. The Kier molecular flexibility index (Phi) is 5.93. The van der Waals surface area contributed by atoms with Crippen molar-refractivity contribution in [3.05, 3.63) is 45.8 Å². The molecule has 1 aliphatic carbocycles. The van der Waals surface area contributed by atoms with Crippen LogP contribution in [0.25, 0.3) is 10.9 Å². The number of pyridine rings is 1. The highest BCUT2D eigenvalue weighted by atomic mass is 19.2. The highest BCUT2D eigenvalue weighted by Crippen LogP contribution is 2.37. The van der Waals surface area contributed by atoms with E-state index in [1.165, 1.54) is 6.20 Å². The zero-order chi connectivity index (χ0) is 13.7. The normalized spacial score (nSPS) is 12.8. The van der Waals surface area contributed by atoms with Crippen molar-refractivity contribution in [1.29, 1.82) is 0 Å². The molecule has 1 fully saturated rings. The topological polar surface area (TPSA) is 59.3 Å². The van der Waals surface area contributed by atoms with Crippen molar-refractivity contribution in [2.24, 2.45) is 0 Å². The maximum Gasteiger partial charge on any atom is 0.341 e. The molecule has 9 heteroatoms. The summed E-state index contributed by atoms with van der Waals surface area (Å²) < 4.78 is 28.1. The number of fused-ring (bicyclic) bond motifs is 1. The number of carbonyl (C=O) groups is 1. The molecule has 0 amide bonds. The maximum atomic E-state index is 13.3. The third-order valence-electron chi connectivity index (χ3n) is 3.24. The summed E-state index contributed by atoms with van der Waals surface area (Å²) in [4.78, 5) is 23.0. The quantitative estimate of drug-likeness (QED) is 0.673. The highest BCUT2D eigenvalue weighted by Gasteiger charge is 2.27. The number of aromatic carboxylic acids is 1. The lowest BCUT2D eigenvalue weighted by Crippen LogP contribution is -2.19. The minimum Gasteiger partial charge on any atom is -0.477 e. The molecule has 0 spiro atoms. The predicted molar refractivity (Wildman–Crippen MR) is 78.3 cm³/mol. The zero-order valence-corrected chi connectivity index (χ0v) is 10.5. The minimum absolute atomic E-state index is 0. The van der Waals surface area contributed by atoms with Gasteiger partial charge < -0.3 is 9.67 Å². The summed E-state index contributed by atoms with van der Waals surface area (Å²) in [6.07, 6.45) is 2.87. The van der Waals surface area contributed by atoms with Crippen LogP contribution in [0.15, 0.2) is 23.1 Å². The summed E-state index contributed by atoms with van der Waals surface area (Å²) >= 11 is 0. The van der Waals surface area contributed by atoms with Gasteiger partial charge >= 0.3 is 5.97 Å². The second-order valence-corrected chi connectivity index (χ2v) is 4.60. The van der Waals surface area contributed by atoms with Gasteiger partial charge in [0.05, 0.1) is 13.9 Å². The largest absolute Gasteiger partial charge is 0.477 e. The summed E-state index contributed by atoms with van der Waals surface area (Å²) in [6, 6.07) is 1.75. The molecule has 0 unspecified atom stereocenters. The minimum atomic E-state index is -1.37. The van der Waals surface area contributed by atoms with E-state index >= 15 is 0 Å². The molecule has 4 nitrogen and oxygen atoms in total. The number of aromatic nitrogens is 1. The van der Waals surface area contributed by atoms with Gasteiger partial charge in [0, 0.05) is 23.7 Å². The molecule has 0 saturated heterocycles. The Balaban J connectivity index is 0.00000147. The average molecular weight is 319 g/mol. The van der Waals surface area contributed by atoms with E-state index in [-0.39, 0.29) is 34.8 Å². The van der Waals surface area contributed by atoms with Crippen LogP contribution in [-0.4, -0.2) is 24.1 Å². The molecular weight excluding hydrogens is 305 g/mol. The number of hydrogen-bond acceptors (Lipinski definition) is 2. The number of nitrogens with zero attached hydrogens (tertiary/aromatic N) is 1. The molecule has 22 heavy (non-hydrogen) atoms. The van der Waals surface area contributed by atoms with Gasteiger partial charge in [-0.3, -0.25) is 14.2 Å². The molecule has 120 valence electrons. The summed E-state index contributed by atoms with van der Waals surface area (Å²) in [7, 11) is 0. The van der Waals surface area contributed by atoms with Crippen LogP contribution in [0, 0.1) is 11.6 Å². The number of benzene rings is 1. The first-order chi connectivity index (χ1) is 8.99. The van der Waals surface area contributed by atoms with Crippen LogP contribution < -0.4 is 5.43 Å². The lowest BCUT2D eigenvalue weighted by molar-refractivity contribution is 0.0695. The van der Waals surface area contributed by atoms with E-state index < -0.39 is 28.6 Å². The van der Waals surface area contributed by atoms with Crippen LogP contribution in [0.3, 0.4) is 0 Å². The summed E-state index contributed by atoms with van der Waals surface area (Å²) in [5.41, 5.74) is -0.986. The maximum absolute atomic E-state index is 13.3. The molecule has 1 aromatic heterocycles. The van der Waals surface area contributed by atoms with Crippen LogP contribution in [-0.2, 0) is 0 Å². The molecule has 1 heterocycles. The van der Waals surface area contributed by atoms with Crippen molar-refractivity contribution in [1.82, 2.24) is 4.57 Å². The average Bonchev–Trinajstić information content (AvgIpc) is 3.16. The zero-order valence-electron chi connectivity index (χ0n) is 10.5. The molecule has 3 rings (SSSR count). The molecule has 1 N–H and O–H groups in total. The highest BCUT2D eigenvalue weighted by molar-refractivity contribution is 5.92. The summed E-state index contributed by atoms with van der Waals surface area (Å²) in [5.74, 6) is -3.58. The standard InChI is InChI=1S/C13H9F2NO3.BH3.2FH/c14-9-3-7-11(4-10(9)15)16(6-1-2-6)5-8(12(7)17)13(18)19;;;/h3-6H,1-2H2,(H,18,19);1H3;2*1H. The van der Waals surface area contributed by atoms with Gasteiger partial charge in [-0.15, -0.1) is 0 Å². The molecule has 0 aliphatic heterocycles. The van der Waals surface area contributed by atoms with Gasteiger partial charge in [-0.1, -0.05) is 0 Å². The predicted octanol–water partition coefficient (Wildman–Crippen LogP) is 1.43. The van der Waals surface area contributed by atoms with Gasteiger partial charge in [0.25, 0.3) is 0 Å². The Hall–Kier alpha value is -2.32.